The Balaban J connectivity index is 1.93. The zero-order valence-electron chi connectivity index (χ0n) is 11.9. The Morgan fingerprint density at radius 1 is 1.13 bits per heavy atom. The average molecular weight is 316 g/mol. The van der Waals surface area contributed by atoms with Crippen LogP contribution >= 0.6 is 0 Å². The molecule has 0 atom stereocenters. The Morgan fingerprint density at radius 3 is 2.48 bits per heavy atom. The fourth-order valence-corrected chi connectivity index (χ4v) is 2.18. The number of hydrogen-bond donors (Lipinski definition) is 1. The minimum Gasteiger partial charge on any atom is -0.485 e. The predicted molar refractivity (Wildman–Crippen MR) is 78.2 cm³/mol. The summed E-state index contributed by atoms with van der Waals surface area (Å²) >= 11 is 0. The van der Waals surface area contributed by atoms with Crippen LogP contribution < -0.4 is 4.74 Å². The molecule has 0 bridgehead atoms. The van der Waals surface area contributed by atoms with Crippen molar-refractivity contribution in [3.63, 3.8) is 0 Å². The highest BCUT2D eigenvalue weighted by atomic mass is 19.1. The van der Waals surface area contributed by atoms with E-state index in [2.05, 4.69) is 0 Å². The fourth-order valence-electron chi connectivity index (χ4n) is 2.18. The maximum absolute atomic E-state index is 14.5. The maximum atomic E-state index is 14.5. The molecule has 0 aliphatic carbocycles. The van der Waals surface area contributed by atoms with E-state index in [1.54, 1.807) is 0 Å². The van der Waals surface area contributed by atoms with Crippen molar-refractivity contribution in [3.05, 3.63) is 77.5 Å². The molecule has 2 aromatic carbocycles. The largest absolute Gasteiger partial charge is 0.485 e. The molecule has 1 heterocycles. The van der Waals surface area contributed by atoms with Gasteiger partial charge in [0.05, 0.1) is 11.1 Å². The Labute approximate surface area is 131 Å². The summed E-state index contributed by atoms with van der Waals surface area (Å²) in [6.45, 7) is 0.0913. The minimum atomic E-state index is -1.37. The molecule has 0 amide bonds. The van der Waals surface area contributed by atoms with E-state index >= 15 is 0 Å². The normalized spacial score (nSPS) is 13.4. The van der Waals surface area contributed by atoms with E-state index in [1.807, 2.05) is 30.3 Å². The summed E-state index contributed by atoms with van der Waals surface area (Å²) < 4.78 is 30.4. The lowest BCUT2D eigenvalue weighted by Gasteiger charge is -2.17. The minimum absolute atomic E-state index is 0.0913. The highest BCUT2D eigenvalue weighted by Crippen LogP contribution is 2.35. The van der Waals surface area contributed by atoms with Crippen LogP contribution in [0.4, 0.5) is 4.39 Å². The van der Waals surface area contributed by atoms with Crippen molar-refractivity contribution in [2.45, 2.75) is 12.9 Å². The summed E-state index contributed by atoms with van der Waals surface area (Å²) in [4.78, 5) is 11.1. The van der Waals surface area contributed by atoms with Gasteiger partial charge in [-0.1, -0.05) is 30.3 Å². The first-order valence-electron chi connectivity index (χ1n) is 6.85. The van der Waals surface area contributed by atoms with Crippen LogP contribution in [0.3, 0.4) is 0 Å². The molecule has 0 fully saturated rings. The van der Waals surface area contributed by atoms with Crippen LogP contribution in [-0.2, 0) is 16.1 Å². The van der Waals surface area contributed by atoms with E-state index < -0.39 is 23.6 Å². The maximum Gasteiger partial charge on any atom is 0.338 e. The lowest BCUT2D eigenvalue weighted by Crippen LogP contribution is -2.10. The molecule has 1 N–H and O–H groups in total. The summed E-state index contributed by atoms with van der Waals surface area (Å²) in [6, 6.07) is 11.7. The predicted octanol–water partition coefficient (Wildman–Crippen LogP) is 3.62. The number of carbonyl (C=O) groups is 1. The van der Waals surface area contributed by atoms with E-state index in [0.717, 1.165) is 11.6 Å². The number of benzene rings is 2. The van der Waals surface area contributed by atoms with Gasteiger partial charge in [0.15, 0.2) is 11.6 Å². The molecule has 5 nitrogen and oxygen atoms in total. The van der Waals surface area contributed by atoms with Crippen LogP contribution in [-0.4, -0.2) is 11.1 Å². The molecular formula is C17H13FO5. The first-order chi connectivity index (χ1) is 11.2. The zero-order chi connectivity index (χ0) is 16.2. The van der Waals surface area contributed by atoms with Crippen LogP contribution in [0.5, 0.6) is 5.75 Å². The highest BCUT2D eigenvalue weighted by molar-refractivity contribution is 5.88. The van der Waals surface area contributed by atoms with Crippen molar-refractivity contribution in [1.82, 2.24) is 0 Å². The number of carboxylic acids is 1. The molecule has 2 aromatic rings. The lowest BCUT2D eigenvalue weighted by molar-refractivity contribution is -0.0270. The lowest BCUT2D eigenvalue weighted by atomic mass is 10.1. The van der Waals surface area contributed by atoms with Gasteiger partial charge in [0.1, 0.15) is 19.1 Å². The number of aromatic carboxylic acids is 1. The van der Waals surface area contributed by atoms with Crippen LogP contribution in [0, 0.1) is 5.82 Å². The quantitative estimate of drug-likeness (QED) is 0.912. The van der Waals surface area contributed by atoms with Crippen LogP contribution in [0.2, 0.25) is 0 Å². The van der Waals surface area contributed by atoms with Gasteiger partial charge in [0.2, 0.25) is 0 Å². The average Bonchev–Trinajstić information content (AvgIpc) is 3.08. The molecule has 0 spiro atoms. The smallest absolute Gasteiger partial charge is 0.338 e. The number of halogens is 1. The van der Waals surface area contributed by atoms with Crippen molar-refractivity contribution >= 4 is 5.97 Å². The van der Waals surface area contributed by atoms with Gasteiger partial charge in [-0.05, 0) is 17.7 Å². The number of ether oxygens (including phenoxy) is 3. The van der Waals surface area contributed by atoms with E-state index in [4.69, 9.17) is 19.3 Å². The second kappa shape index (κ2) is 6.39. The van der Waals surface area contributed by atoms with Gasteiger partial charge in [-0.15, -0.1) is 0 Å². The molecule has 3 rings (SSSR count). The van der Waals surface area contributed by atoms with Crippen molar-refractivity contribution in [2.24, 2.45) is 0 Å². The summed E-state index contributed by atoms with van der Waals surface area (Å²) in [7, 11) is 0. The fraction of sp³-hybridized carbons (Fsp3) is 0.118. The molecule has 1 aliphatic rings. The number of hydrogen-bond acceptors (Lipinski definition) is 4. The van der Waals surface area contributed by atoms with Gasteiger partial charge in [-0.2, -0.15) is 0 Å². The monoisotopic (exact) mass is 316 g/mol. The molecule has 0 radical (unpaired) electrons. The van der Waals surface area contributed by atoms with Gasteiger partial charge < -0.3 is 19.3 Å². The molecule has 0 unspecified atom stereocenters. The molecule has 118 valence electrons. The van der Waals surface area contributed by atoms with Crippen LogP contribution in [0.1, 0.15) is 27.8 Å². The zero-order valence-corrected chi connectivity index (χ0v) is 11.9. The topological polar surface area (TPSA) is 65.0 Å². The summed E-state index contributed by atoms with van der Waals surface area (Å²) in [5, 5.41) is 9.06. The second-order valence-electron chi connectivity index (χ2n) is 4.80. The van der Waals surface area contributed by atoms with Crippen molar-refractivity contribution in [2.75, 3.05) is 0 Å². The molecule has 1 aliphatic heterocycles. The number of carboxylic acid groups (broad SMARTS) is 1. The highest BCUT2D eigenvalue weighted by Gasteiger charge is 2.26. The Hall–Kier alpha value is -3.02. The Morgan fingerprint density at radius 2 is 1.83 bits per heavy atom. The van der Waals surface area contributed by atoms with E-state index in [-0.39, 0.29) is 17.9 Å². The van der Waals surface area contributed by atoms with Crippen molar-refractivity contribution in [3.8, 4) is 5.75 Å². The third-order valence-corrected chi connectivity index (χ3v) is 3.30. The van der Waals surface area contributed by atoms with Crippen molar-refractivity contribution < 1.29 is 28.5 Å². The summed E-state index contributed by atoms with van der Waals surface area (Å²) in [6.07, 6.45) is 1.79. The van der Waals surface area contributed by atoms with Gasteiger partial charge in [0.25, 0.3) is 6.29 Å². The Kier molecular flexibility index (Phi) is 4.14. The third kappa shape index (κ3) is 3.11. The molecule has 23 heavy (non-hydrogen) atoms. The second-order valence-corrected chi connectivity index (χ2v) is 4.80. The number of rotatable bonds is 5. The summed E-state index contributed by atoms with van der Waals surface area (Å²) in [5.74, 6) is -2.52. The summed E-state index contributed by atoms with van der Waals surface area (Å²) in [5.41, 5.74) is 0.640. The molecule has 0 saturated carbocycles. The van der Waals surface area contributed by atoms with Crippen molar-refractivity contribution in [1.29, 1.82) is 0 Å². The van der Waals surface area contributed by atoms with Gasteiger partial charge in [-0.25, -0.2) is 9.18 Å². The SMILES string of the molecule is O=C(O)c1ccc(C2OC=CO2)c(OCc2ccccc2)c1F. The van der Waals surface area contributed by atoms with E-state index in [1.165, 1.54) is 18.6 Å². The van der Waals surface area contributed by atoms with Crippen LogP contribution in [0.15, 0.2) is 55.0 Å². The first-order valence-corrected chi connectivity index (χ1v) is 6.85. The van der Waals surface area contributed by atoms with E-state index in [0.29, 0.717) is 0 Å². The standard InChI is InChI=1S/C17H13FO5/c18-14-12(16(19)20)6-7-13(17-21-8-9-22-17)15(14)23-10-11-4-2-1-3-5-11/h1-9,17H,10H2,(H,19,20). The molecule has 0 saturated heterocycles. The Bertz CT molecular complexity index is 734. The van der Waals surface area contributed by atoms with Gasteiger partial charge in [-0.3, -0.25) is 0 Å². The van der Waals surface area contributed by atoms with Gasteiger partial charge >= 0.3 is 5.97 Å². The molecule has 6 heteroatoms. The van der Waals surface area contributed by atoms with Crippen LogP contribution in [0.25, 0.3) is 0 Å². The van der Waals surface area contributed by atoms with E-state index in [9.17, 15) is 9.18 Å². The van der Waals surface area contributed by atoms with Gasteiger partial charge in [0, 0.05) is 0 Å². The molecular weight excluding hydrogens is 303 g/mol. The molecule has 0 aromatic heterocycles. The third-order valence-electron chi connectivity index (χ3n) is 3.30. The first kappa shape index (κ1) is 14.9.